The lowest BCUT2D eigenvalue weighted by Gasteiger charge is -2.17. The molecule has 1 fully saturated rings. The Kier molecular flexibility index (Phi) is 3.73. The molecule has 1 aromatic rings. The highest BCUT2D eigenvalue weighted by atomic mass is 15.1. The van der Waals surface area contributed by atoms with E-state index in [4.69, 9.17) is 5.73 Å². The fourth-order valence-corrected chi connectivity index (χ4v) is 2.48. The van der Waals surface area contributed by atoms with Gasteiger partial charge < -0.3 is 11.1 Å². The number of nitrogens with two attached hydrogens (primary N) is 1. The van der Waals surface area contributed by atoms with Crippen LogP contribution in [0.2, 0.25) is 0 Å². The number of nitrogen functional groups attached to an aromatic ring is 1. The third-order valence-electron chi connectivity index (χ3n) is 3.75. The first-order chi connectivity index (χ1) is 8.47. The van der Waals surface area contributed by atoms with Crippen LogP contribution in [0.5, 0.6) is 0 Å². The molecule has 0 aromatic carbocycles. The molecule has 1 aliphatic rings. The Hall–Kier alpha value is -1.32. The van der Waals surface area contributed by atoms with Crippen molar-refractivity contribution in [3.8, 4) is 0 Å². The van der Waals surface area contributed by atoms with Gasteiger partial charge in [0.15, 0.2) is 0 Å². The van der Waals surface area contributed by atoms with Gasteiger partial charge in [-0.05, 0) is 32.1 Å². The van der Waals surface area contributed by atoms with E-state index in [9.17, 15) is 0 Å². The summed E-state index contributed by atoms with van der Waals surface area (Å²) in [7, 11) is 0. The van der Waals surface area contributed by atoms with E-state index in [1.165, 1.54) is 19.3 Å². The fraction of sp³-hybridized carbons (Fsp3) is 0.714. The summed E-state index contributed by atoms with van der Waals surface area (Å²) in [5.74, 6) is 3.46. The quantitative estimate of drug-likeness (QED) is 0.862. The van der Waals surface area contributed by atoms with Gasteiger partial charge in [-0.25, -0.2) is 9.97 Å². The second kappa shape index (κ2) is 5.12. The minimum atomic E-state index is 0.302. The summed E-state index contributed by atoms with van der Waals surface area (Å²) in [6.45, 7) is 8.47. The van der Waals surface area contributed by atoms with Crippen LogP contribution in [-0.4, -0.2) is 16.0 Å². The van der Waals surface area contributed by atoms with Crippen LogP contribution >= 0.6 is 0 Å². The Morgan fingerprint density at radius 3 is 2.56 bits per heavy atom. The highest BCUT2D eigenvalue weighted by Gasteiger charge is 2.22. The molecule has 2 atom stereocenters. The summed E-state index contributed by atoms with van der Waals surface area (Å²) in [6.07, 6.45) is 3.75. The Bertz CT molecular complexity index is 428. The Morgan fingerprint density at radius 2 is 2.00 bits per heavy atom. The third kappa shape index (κ3) is 2.74. The van der Waals surface area contributed by atoms with Gasteiger partial charge in [0.25, 0.3) is 0 Å². The lowest BCUT2D eigenvalue weighted by molar-refractivity contribution is 0.602. The molecule has 3 N–H and O–H groups in total. The topological polar surface area (TPSA) is 63.8 Å². The lowest BCUT2D eigenvalue weighted by Crippen LogP contribution is -2.19. The summed E-state index contributed by atoms with van der Waals surface area (Å²) >= 11 is 0. The maximum Gasteiger partial charge on any atom is 0.135 e. The minimum absolute atomic E-state index is 0.302. The second-order valence-corrected chi connectivity index (χ2v) is 5.85. The molecule has 0 aliphatic heterocycles. The van der Waals surface area contributed by atoms with E-state index in [0.717, 1.165) is 23.1 Å². The van der Waals surface area contributed by atoms with Crippen molar-refractivity contribution in [1.29, 1.82) is 0 Å². The second-order valence-electron chi connectivity index (χ2n) is 5.85. The van der Waals surface area contributed by atoms with Gasteiger partial charge in [0, 0.05) is 17.5 Å². The molecule has 0 spiro atoms. The highest BCUT2D eigenvalue weighted by Crippen LogP contribution is 2.29. The first-order valence-electron chi connectivity index (χ1n) is 6.88. The standard InChI is InChI=1S/C14H24N4/c1-8(2)13-17-12(15)10(4)14(18-13)16-11-6-5-9(3)7-11/h8-9,11H,5-7H2,1-4H3,(H3,15,16,17,18). The molecule has 0 radical (unpaired) electrons. The van der Waals surface area contributed by atoms with Gasteiger partial charge in [0.05, 0.1) is 0 Å². The molecule has 1 saturated carbocycles. The predicted octanol–water partition coefficient (Wildman–Crippen LogP) is 3.09. The number of hydrogen-bond acceptors (Lipinski definition) is 4. The molecule has 0 bridgehead atoms. The first kappa shape index (κ1) is 13.1. The zero-order valence-corrected chi connectivity index (χ0v) is 11.8. The SMILES string of the molecule is Cc1c(N)nc(C(C)C)nc1NC1CCC(C)C1. The Morgan fingerprint density at radius 1 is 1.28 bits per heavy atom. The molecule has 2 rings (SSSR count). The summed E-state index contributed by atoms with van der Waals surface area (Å²) in [6, 6.07) is 0.535. The van der Waals surface area contributed by atoms with E-state index in [0.29, 0.717) is 17.8 Å². The van der Waals surface area contributed by atoms with Gasteiger partial charge in [0.1, 0.15) is 17.5 Å². The molecule has 1 aliphatic carbocycles. The normalized spacial score (nSPS) is 23.6. The van der Waals surface area contributed by atoms with Crippen LogP contribution in [0, 0.1) is 12.8 Å². The van der Waals surface area contributed by atoms with Gasteiger partial charge in [0.2, 0.25) is 0 Å². The molecule has 1 heterocycles. The summed E-state index contributed by atoms with van der Waals surface area (Å²) in [5, 5.41) is 3.54. The number of nitrogens with one attached hydrogen (secondary N) is 1. The van der Waals surface area contributed by atoms with Crippen molar-refractivity contribution in [1.82, 2.24) is 9.97 Å². The Balaban J connectivity index is 2.21. The van der Waals surface area contributed by atoms with Crippen molar-refractivity contribution in [2.75, 3.05) is 11.1 Å². The van der Waals surface area contributed by atoms with E-state index < -0.39 is 0 Å². The number of hydrogen-bond donors (Lipinski definition) is 2. The number of anilines is 2. The smallest absolute Gasteiger partial charge is 0.135 e. The zero-order valence-electron chi connectivity index (χ0n) is 11.8. The average Bonchev–Trinajstić information content (AvgIpc) is 2.70. The minimum Gasteiger partial charge on any atom is -0.383 e. The van der Waals surface area contributed by atoms with Gasteiger partial charge in [-0.3, -0.25) is 0 Å². The van der Waals surface area contributed by atoms with Crippen molar-refractivity contribution in [3.63, 3.8) is 0 Å². The molecule has 4 heteroatoms. The lowest BCUT2D eigenvalue weighted by atomic mass is 10.1. The molecule has 18 heavy (non-hydrogen) atoms. The van der Waals surface area contributed by atoms with Crippen LogP contribution in [-0.2, 0) is 0 Å². The first-order valence-corrected chi connectivity index (χ1v) is 6.88. The largest absolute Gasteiger partial charge is 0.383 e. The molecule has 0 saturated heterocycles. The summed E-state index contributed by atoms with van der Waals surface area (Å²) < 4.78 is 0. The van der Waals surface area contributed by atoms with E-state index in [-0.39, 0.29) is 0 Å². The van der Waals surface area contributed by atoms with Crippen LogP contribution < -0.4 is 11.1 Å². The molecular formula is C14H24N4. The van der Waals surface area contributed by atoms with Crippen LogP contribution in [0.15, 0.2) is 0 Å². The van der Waals surface area contributed by atoms with Gasteiger partial charge in [-0.2, -0.15) is 0 Å². The summed E-state index contributed by atoms with van der Waals surface area (Å²) in [4.78, 5) is 8.97. The zero-order chi connectivity index (χ0) is 13.3. The van der Waals surface area contributed by atoms with Crippen LogP contribution in [0.4, 0.5) is 11.6 Å². The average molecular weight is 248 g/mol. The number of rotatable bonds is 3. The predicted molar refractivity (Wildman–Crippen MR) is 75.7 cm³/mol. The Labute approximate surface area is 109 Å². The van der Waals surface area contributed by atoms with Crippen molar-refractivity contribution in [3.05, 3.63) is 11.4 Å². The monoisotopic (exact) mass is 248 g/mol. The van der Waals surface area contributed by atoms with Crippen molar-refractivity contribution < 1.29 is 0 Å². The molecule has 4 nitrogen and oxygen atoms in total. The summed E-state index contributed by atoms with van der Waals surface area (Å²) in [5.41, 5.74) is 6.94. The molecule has 100 valence electrons. The van der Waals surface area contributed by atoms with E-state index in [2.05, 4.69) is 36.1 Å². The van der Waals surface area contributed by atoms with Crippen LogP contribution in [0.1, 0.15) is 57.3 Å². The van der Waals surface area contributed by atoms with Crippen LogP contribution in [0.25, 0.3) is 0 Å². The van der Waals surface area contributed by atoms with Crippen molar-refractivity contribution in [2.45, 2.75) is 58.9 Å². The van der Waals surface area contributed by atoms with Gasteiger partial charge in [-0.15, -0.1) is 0 Å². The highest BCUT2D eigenvalue weighted by molar-refractivity contribution is 5.55. The number of aromatic nitrogens is 2. The van der Waals surface area contributed by atoms with E-state index in [1.807, 2.05) is 6.92 Å². The van der Waals surface area contributed by atoms with Gasteiger partial charge in [-0.1, -0.05) is 20.8 Å². The fourth-order valence-electron chi connectivity index (χ4n) is 2.48. The van der Waals surface area contributed by atoms with E-state index in [1.54, 1.807) is 0 Å². The molecule has 2 unspecified atom stereocenters. The van der Waals surface area contributed by atoms with Gasteiger partial charge >= 0.3 is 0 Å². The molecular weight excluding hydrogens is 224 g/mol. The number of nitrogens with zero attached hydrogens (tertiary/aromatic N) is 2. The van der Waals surface area contributed by atoms with Crippen LogP contribution in [0.3, 0.4) is 0 Å². The maximum atomic E-state index is 5.97. The molecule has 1 aromatic heterocycles. The van der Waals surface area contributed by atoms with Crippen molar-refractivity contribution in [2.24, 2.45) is 5.92 Å². The maximum absolute atomic E-state index is 5.97. The molecule has 0 amide bonds. The third-order valence-corrected chi connectivity index (χ3v) is 3.75. The van der Waals surface area contributed by atoms with E-state index >= 15 is 0 Å². The van der Waals surface area contributed by atoms with Crippen molar-refractivity contribution >= 4 is 11.6 Å².